The third-order valence-corrected chi connectivity index (χ3v) is 6.01. The highest BCUT2D eigenvalue weighted by Gasteiger charge is 2.37. The summed E-state index contributed by atoms with van der Waals surface area (Å²) < 4.78 is 5.43. The van der Waals surface area contributed by atoms with E-state index in [4.69, 9.17) is 4.74 Å². The van der Waals surface area contributed by atoms with Crippen molar-refractivity contribution in [3.8, 4) is 11.5 Å². The molecule has 0 heterocycles. The van der Waals surface area contributed by atoms with Crippen LogP contribution in [0.1, 0.15) is 78.0 Å². The number of hydrogen-bond donors (Lipinski definition) is 4. The van der Waals surface area contributed by atoms with Crippen molar-refractivity contribution in [2.24, 2.45) is 0 Å². The Kier molecular flexibility index (Phi) is 11.6. The van der Waals surface area contributed by atoms with Crippen LogP contribution in [0, 0.1) is 0 Å². The van der Waals surface area contributed by atoms with Gasteiger partial charge in [-0.2, -0.15) is 0 Å². The van der Waals surface area contributed by atoms with Crippen LogP contribution in [-0.4, -0.2) is 57.3 Å². The summed E-state index contributed by atoms with van der Waals surface area (Å²) >= 11 is 0. The number of phenolic OH excluding ortho intramolecular Hbond substituents is 2. The number of carbonyl (C=O) groups is 3. The fraction of sp³-hybridized carbons (Fsp3) is 0.500. The zero-order valence-corrected chi connectivity index (χ0v) is 23.9. The van der Waals surface area contributed by atoms with Crippen LogP contribution in [0.2, 0.25) is 0 Å². The number of para-hydroxylation sites is 1. The highest BCUT2D eigenvalue weighted by molar-refractivity contribution is 5.92. The van der Waals surface area contributed by atoms with Gasteiger partial charge in [-0.25, -0.2) is 4.79 Å². The molecular formula is C30H43N3O6. The summed E-state index contributed by atoms with van der Waals surface area (Å²) in [5.41, 5.74) is 0.201. The van der Waals surface area contributed by atoms with Crippen molar-refractivity contribution in [2.45, 2.75) is 91.0 Å². The standard InChI is InChI=1S/C30H43N3O6/c1-7-11-20(3)31-27(36)26(23-12-9-10-13-25(23)35)33(18-8-2)28(37)24(32-29(38)39-30(4,5)6)19-21-14-16-22(34)17-15-21/h9-10,12-17,20,24,26,34-35H,7-8,11,18-19H2,1-6H3,(H,31,36)(H,32,38). The number of aromatic hydroxyl groups is 2. The Labute approximate surface area is 231 Å². The van der Waals surface area contributed by atoms with Gasteiger partial charge in [0.2, 0.25) is 11.8 Å². The molecule has 9 nitrogen and oxygen atoms in total. The number of hydrogen-bond acceptors (Lipinski definition) is 6. The minimum Gasteiger partial charge on any atom is -0.508 e. The second-order valence-electron chi connectivity index (χ2n) is 10.8. The first kappa shape index (κ1) is 31.5. The molecule has 9 heteroatoms. The van der Waals surface area contributed by atoms with E-state index in [-0.39, 0.29) is 30.5 Å². The van der Waals surface area contributed by atoms with E-state index in [1.165, 1.54) is 23.1 Å². The van der Waals surface area contributed by atoms with Crippen molar-refractivity contribution in [3.05, 3.63) is 59.7 Å². The smallest absolute Gasteiger partial charge is 0.408 e. The summed E-state index contributed by atoms with van der Waals surface area (Å²) in [4.78, 5) is 42.1. The Balaban J connectivity index is 2.53. The van der Waals surface area contributed by atoms with Gasteiger partial charge in [0.05, 0.1) is 0 Å². The summed E-state index contributed by atoms with van der Waals surface area (Å²) in [7, 11) is 0. The fourth-order valence-corrected chi connectivity index (χ4v) is 4.32. The molecule has 2 aromatic carbocycles. The van der Waals surface area contributed by atoms with Crippen LogP contribution < -0.4 is 10.6 Å². The van der Waals surface area contributed by atoms with Gasteiger partial charge in [0.25, 0.3) is 0 Å². The minimum absolute atomic E-state index is 0.0758. The zero-order valence-electron chi connectivity index (χ0n) is 23.9. The monoisotopic (exact) mass is 541 g/mol. The van der Waals surface area contributed by atoms with Crippen molar-refractivity contribution in [3.63, 3.8) is 0 Å². The van der Waals surface area contributed by atoms with Gasteiger partial charge < -0.3 is 30.5 Å². The van der Waals surface area contributed by atoms with Gasteiger partial charge in [-0.15, -0.1) is 0 Å². The van der Waals surface area contributed by atoms with Crippen LogP contribution in [0.4, 0.5) is 4.79 Å². The molecule has 0 radical (unpaired) electrons. The predicted molar refractivity (Wildman–Crippen MR) is 150 cm³/mol. The molecular weight excluding hydrogens is 498 g/mol. The Bertz CT molecular complexity index is 1100. The van der Waals surface area contributed by atoms with Crippen LogP contribution in [0.15, 0.2) is 48.5 Å². The lowest BCUT2D eigenvalue weighted by molar-refractivity contribution is -0.142. The highest BCUT2D eigenvalue weighted by Crippen LogP contribution is 2.30. The number of alkyl carbamates (subject to hydrolysis) is 1. The van der Waals surface area contributed by atoms with Crippen LogP contribution in [-0.2, 0) is 20.7 Å². The van der Waals surface area contributed by atoms with E-state index in [0.29, 0.717) is 17.5 Å². The van der Waals surface area contributed by atoms with Crippen LogP contribution in [0.25, 0.3) is 0 Å². The molecule has 0 bridgehead atoms. The average Bonchev–Trinajstić information content (AvgIpc) is 2.84. The number of ether oxygens (including phenoxy) is 1. The lowest BCUT2D eigenvalue weighted by Gasteiger charge is -2.35. The van der Waals surface area contributed by atoms with E-state index < -0.39 is 35.6 Å². The molecule has 3 amide bonds. The molecule has 214 valence electrons. The number of amides is 3. The molecule has 0 saturated carbocycles. The van der Waals surface area contributed by atoms with Crippen LogP contribution >= 0.6 is 0 Å². The maximum absolute atomic E-state index is 14.2. The Morgan fingerprint density at radius 2 is 1.59 bits per heavy atom. The highest BCUT2D eigenvalue weighted by atomic mass is 16.6. The van der Waals surface area contributed by atoms with Gasteiger partial charge in [0.15, 0.2) is 0 Å². The van der Waals surface area contributed by atoms with Crippen molar-refractivity contribution >= 4 is 17.9 Å². The molecule has 3 unspecified atom stereocenters. The first-order valence-electron chi connectivity index (χ1n) is 13.5. The van der Waals surface area contributed by atoms with Crippen molar-refractivity contribution < 1.29 is 29.3 Å². The Hall–Kier alpha value is -3.75. The molecule has 0 aromatic heterocycles. The van der Waals surface area contributed by atoms with E-state index in [1.807, 2.05) is 20.8 Å². The van der Waals surface area contributed by atoms with E-state index in [1.54, 1.807) is 51.1 Å². The molecule has 39 heavy (non-hydrogen) atoms. The van der Waals surface area contributed by atoms with E-state index in [9.17, 15) is 24.6 Å². The molecule has 3 atom stereocenters. The van der Waals surface area contributed by atoms with E-state index in [2.05, 4.69) is 10.6 Å². The van der Waals surface area contributed by atoms with Crippen molar-refractivity contribution in [1.29, 1.82) is 0 Å². The van der Waals surface area contributed by atoms with Gasteiger partial charge in [0, 0.05) is 24.6 Å². The third kappa shape index (κ3) is 9.81. The molecule has 2 aromatic rings. The molecule has 0 saturated heterocycles. The normalized spacial score (nSPS) is 13.6. The average molecular weight is 542 g/mol. The quantitative estimate of drug-likeness (QED) is 0.305. The van der Waals surface area contributed by atoms with Crippen molar-refractivity contribution in [2.75, 3.05) is 6.54 Å². The molecule has 2 rings (SSSR count). The Morgan fingerprint density at radius 1 is 0.949 bits per heavy atom. The second kappa shape index (κ2) is 14.4. The summed E-state index contributed by atoms with van der Waals surface area (Å²) in [6.45, 7) is 11.2. The lowest BCUT2D eigenvalue weighted by Crippen LogP contribution is -2.54. The summed E-state index contributed by atoms with van der Waals surface area (Å²) in [6.07, 6.45) is 1.49. The van der Waals surface area contributed by atoms with Gasteiger partial charge in [-0.1, -0.05) is 50.6 Å². The van der Waals surface area contributed by atoms with Crippen LogP contribution in [0.3, 0.4) is 0 Å². The second-order valence-corrected chi connectivity index (χ2v) is 10.8. The largest absolute Gasteiger partial charge is 0.508 e. The van der Waals surface area contributed by atoms with Crippen molar-refractivity contribution in [1.82, 2.24) is 15.5 Å². The number of phenols is 2. The molecule has 0 fully saturated rings. The molecule has 4 N–H and O–H groups in total. The van der Waals surface area contributed by atoms with Gasteiger partial charge in [-0.05, 0) is 64.3 Å². The molecule has 0 spiro atoms. The molecule has 0 aliphatic heterocycles. The molecule has 0 aliphatic carbocycles. The fourth-order valence-electron chi connectivity index (χ4n) is 4.32. The zero-order chi connectivity index (χ0) is 29.2. The summed E-state index contributed by atoms with van der Waals surface area (Å²) in [6, 6.07) is 10.4. The first-order valence-corrected chi connectivity index (χ1v) is 13.5. The van der Waals surface area contributed by atoms with Crippen LogP contribution in [0.5, 0.6) is 11.5 Å². The number of benzene rings is 2. The number of rotatable bonds is 12. The maximum atomic E-state index is 14.2. The Morgan fingerprint density at radius 3 is 2.15 bits per heavy atom. The summed E-state index contributed by atoms with van der Waals surface area (Å²) in [5.74, 6) is -0.945. The minimum atomic E-state index is -1.12. The van der Waals surface area contributed by atoms with E-state index >= 15 is 0 Å². The van der Waals surface area contributed by atoms with Gasteiger partial charge >= 0.3 is 6.09 Å². The predicted octanol–water partition coefficient (Wildman–Crippen LogP) is 4.82. The number of carbonyl (C=O) groups excluding carboxylic acids is 3. The topological polar surface area (TPSA) is 128 Å². The van der Waals surface area contributed by atoms with Gasteiger partial charge in [0.1, 0.15) is 29.2 Å². The molecule has 0 aliphatic rings. The van der Waals surface area contributed by atoms with E-state index in [0.717, 1.165) is 12.8 Å². The third-order valence-electron chi connectivity index (χ3n) is 6.01. The number of nitrogens with zero attached hydrogens (tertiary/aromatic N) is 1. The first-order chi connectivity index (χ1) is 18.4. The number of nitrogens with one attached hydrogen (secondary N) is 2. The SMILES string of the molecule is CCCC(C)NC(=O)C(c1ccccc1O)N(CCC)C(=O)C(Cc1ccc(O)cc1)NC(=O)OC(C)(C)C. The lowest BCUT2D eigenvalue weighted by atomic mass is 9.99. The maximum Gasteiger partial charge on any atom is 0.408 e. The van der Waals surface area contributed by atoms with Gasteiger partial charge in [-0.3, -0.25) is 9.59 Å². The summed E-state index contributed by atoms with van der Waals surface area (Å²) in [5, 5.41) is 26.1.